The first kappa shape index (κ1) is 14.5. The van der Waals surface area contributed by atoms with E-state index >= 15 is 0 Å². The van der Waals surface area contributed by atoms with E-state index in [2.05, 4.69) is 25.7 Å². The number of nitrogens with zero attached hydrogens (tertiary/aromatic N) is 2. The second kappa shape index (κ2) is 5.82. The number of amides is 1. The lowest BCUT2D eigenvalue weighted by atomic mass is 10.1. The summed E-state index contributed by atoms with van der Waals surface area (Å²) < 4.78 is 0. The zero-order chi connectivity index (χ0) is 16.5. The van der Waals surface area contributed by atoms with E-state index in [0.29, 0.717) is 22.0 Å². The molecule has 4 rings (SSSR count). The van der Waals surface area contributed by atoms with Crippen molar-refractivity contribution in [2.45, 2.75) is 0 Å². The van der Waals surface area contributed by atoms with Crippen molar-refractivity contribution in [1.82, 2.24) is 20.4 Å². The fourth-order valence-corrected chi connectivity index (χ4v) is 2.73. The van der Waals surface area contributed by atoms with E-state index in [9.17, 15) is 4.79 Å². The first-order chi connectivity index (χ1) is 11.7. The van der Waals surface area contributed by atoms with Gasteiger partial charge in [0.25, 0.3) is 5.91 Å². The molecule has 1 amide bonds. The molecule has 0 saturated carbocycles. The number of fused-ring (bicyclic) bond motifs is 1. The van der Waals surface area contributed by atoms with Gasteiger partial charge in [-0.15, -0.1) is 0 Å². The number of benzene rings is 2. The average Bonchev–Trinajstić information content (AvgIpc) is 3.23. The number of rotatable bonds is 3. The van der Waals surface area contributed by atoms with Crippen molar-refractivity contribution in [2.75, 3.05) is 5.32 Å². The molecule has 0 aliphatic rings. The zero-order valence-corrected chi connectivity index (χ0v) is 13.1. The van der Waals surface area contributed by atoms with Gasteiger partial charge in [0.2, 0.25) is 0 Å². The van der Waals surface area contributed by atoms with Crippen LogP contribution in [0, 0.1) is 0 Å². The molecule has 2 aromatic carbocycles. The van der Waals surface area contributed by atoms with Crippen LogP contribution >= 0.6 is 11.6 Å². The minimum absolute atomic E-state index is 0.249. The Morgan fingerprint density at radius 3 is 2.79 bits per heavy atom. The van der Waals surface area contributed by atoms with Gasteiger partial charge in [-0.2, -0.15) is 10.2 Å². The number of halogens is 1. The molecule has 7 heteroatoms. The number of aromatic amines is 2. The van der Waals surface area contributed by atoms with Crippen LogP contribution < -0.4 is 5.32 Å². The van der Waals surface area contributed by atoms with Crippen LogP contribution in [0.4, 0.5) is 5.69 Å². The molecule has 0 saturated heterocycles. The van der Waals surface area contributed by atoms with Crippen LogP contribution in [0.3, 0.4) is 0 Å². The molecule has 0 spiro atoms. The van der Waals surface area contributed by atoms with Gasteiger partial charge in [0.15, 0.2) is 0 Å². The molecule has 2 heterocycles. The maximum absolute atomic E-state index is 12.6. The number of H-pyrrole nitrogens is 2. The third-order valence-corrected chi connectivity index (χ3v) is 3.93. The average molecular weight is 338 g/mol. The highest BCUT2D eigenvalue weighted by atomic mass is 35.5. The Labute approximate surface area is 141 Å². The molecule has 0 bridgehead atoms. The van der Waals surface area contributed by atoms with Gasteiger partial charge in [0.1, 0.15) is 0 Å². The van der Waals surface area contributed by atoms with Crippen LogP contribution in [0.25, 0.3) is 22.2 Å². The lowest BCUT2D eigenvalue weighted by molar-refractivity contribution is 0.102. The van der Waals surface area contributed by atoms with E-state index in [1.54, 1.807) is 18.3 Å². The number of carbonyl (C=O) groups is 1. The molecule has 24 heavy (non-hydrogen) atoms. The van der Waals surface area contributed by atoms with Crippen molar-refractivity contribution >= 4 is 34.1 Å². The highest BCUT2D eigenvalue weighted by Crippen LogP contribution is 2.25. The zero-order valence-electron chi connectivity index (χ0n) is 12.4. The molecule has 0 aliphatic carbocycles. The summed E-state index contributed by atoms with van der Waals surface area (Å²) in [7, 11) is 0. The summed E-state index contributed by atoms with van der Waals surface area (Å²) in [4.78, 5) is 12.6. The summed E-state index contributed by atoms with van der Waals surface area (Å²) >= 11 is 6.02. The van der Waals surface area contributed by atoms with Gasteiger partial charge in [-0.05, 0) is 30.3 Å². The Morgan fingerprint density at radius 1 is 1.04 bits per heavy atom. The van der Waals surface area contributed by atoms with Crippen LogP contribution in [-0.2, 0) is 0 Å². The molecule has 2 aromatic heterocycles. The molecule has 6 nitrogen and oxygen atoms in total. The number of anilines is 1. The summed E-state index contributed by atoms with van der Waals surface area (Å²) in [5, 5.41) is 18.1. The lowest BCUT2D eigenvalue weighted by Crippen LogP contribution is -2.12. The van der Waals surface area contributed by atoms with Gasteiger partial charge in [0.05, 0.1) is 29.2 Å². The van der Waals surface area contributed by atoms with Crippen molar-refractivity contribution in [3.05, 3.63) is 65.4 Å². The molecule has 0 unspecified atom stereocenters. The molecule has 4 aromatic rings. The number of carbonyl (C=O) groups excluding carboxylic acids is 1. The van der Waals surface area contributed by atoms with Crippen molar-refractivity contribution in [3.8, 4) is 11.3 Å². The van der Waals surface area contributed by atoms with Gasteiger partial charge >= 0.3 is 0 Å². The van der Waals surface area contributed by atoms with Gasteiger partial charge in [-0.1, -0.05) is 23.7 Å². The molecular weight excluding hydrogens is 326 g/mol. The predicted molar refractivity (Wildman–Crippen MR) is 93.1 cm³/mol. The van der Waals surface area contributed by atoms with E-state index in [4.69, 9.17) is 11.6 Å². The van der Waals surface area contributed by atoms with Crippen LogP contribution in [0.15, 0.2) is 54.9 Å². The Kier molecular flexibility index (Phi) is 3.51. The summed E-state index contributed by atoms with van der Waals surface area (Å²) in [6.45, 7) is 0. The molecular formula is C17H12ClN5O. The first-order valence-corrected chi connectivity index (χ1v) is 7.62. The normalized spacial score (nSPS) is 10.9. The van der Waals surface area contributed by atoms with Crippen LogP contribution in [0.2, 0.25) is 5.02 Å². The van der Waals surface area contributed by atoms with Crippen molar-refractivity contribution in [1.29, 1.82) is 0 Å². The maximum atomic E-state index is 12.6. The highest BCUT2D eigenvalue weighted by molar-refractivity contribution is 6.30. The fourth-order valence-electron chi connectivity index (χ4n) is 2.54. The second-order valence-electron chi connectivity index (χ2n) is 5.30. The fraction of sp³-hybridized carbons (Fsp3) is 0. The van der Waals surface area contributed by atoms with Gasteiger partial charge in [0, 0.05) is 21.7 Å². The van der Waals surface area contributed by atoms with Crippen molar-refractivity contribution in [3.63, 3.8) is 0 Å². The molecule has 118 valence electrons. The summed E-state index contributed by atoms with van der Waals surface area (Å²) in [5.74, 6) is -0.249. The molecule has 3 N–H and O–H groups in total. The van der Waals surface area contributed by atoms with E-state index in [0.717, 1.165) is 16.5 Å². The standard InChI is InChI=1S/C17H12ClN5O/c18-12-3-1-2-10(6-12)16-14(9-20-23-16)17(24)21-13-4-5-15-11(7-13)8-19-22-15/h1-9H,(H,19,22)(H,20,23)(H,21,24). The predicted octanol–water partition coefficient (Wildman–Crippen LogP) is 3.86. The Hall–Kier alpha value is -3.12. The smallest absolute Gasteiger partial charge is 0.259 e. The third-order valence-electron chi connectivity index (χ3n) is 3.70. The summed E-state index contributed by atoms with van der Waals surface area (Å²) in [5.41, 5.74) is 3.47. The quantitative estimate of drug-likeness (QED) is 0.530. The van der Waals surface area contributed by atoms with E-state index in [1.165, 1.54) is 6.20 Å². The summed E-state index contributed by atoms with van der Waals surface area (Å²) in [6.07, 6.45) is 3.21. The van der Waals surface area contributed by atoms with Crippen LogP contribution in [-0.4, -0.2) is 26.3 Å². The van der Waals surface area contributed by atoms with Crippen LogP contribution in [0.1, 0.15) is 10.4 Å². The largest absolute Gasteiger partial charge is 0.322 e. The van der Waals surface area contributed by atoms with Crippen LogP contribution in [0.5, 0.6) is 0 Å². The lowest BCUT2D eigenvalue weighted by Gasteiger charge is -2.06. The Balaban J connectivity index is 1.64. The first-order valence-electron chi connectivity index (χ1n) is 7.24. The molecule has 0 fully saturated rings. The summed E-state index contributed by atoms with van der Waals surface area (Å²) in [6, 6.07) is 12.8. The number of hydrogen-bond acceptors (Lipinski definition) is 3. The van der Waals surface area contributed by atoms with Gasteiger partial charge in [-0.25, -0.2) is 0 Å². The van der Waals surface area contributed by atoms with E-state index < -0.39 is 0 Å². The van der Waals surface area contributed by atoms with Crippen molar-refractivity contribution in [2.24, 2.45) is 0 Å². The van der Waals surface area contributed by atoms with Gasteiger partial charge in [-0.3, -0.25) is 15.0 Å². The number of nitrogens with one attached hydrogen (secondary N) is 3. The maximum Gasteiger partial charge on any atom is 0.259 e. The second-order valence-corrected chi connectivity index (χ2v) is 5.73. The SMILES string of the molecule is O=C(Nc1ccc2[nH]ncc2c1)c1cn[nH]c1-c1cccc(Cl)c1. The monoisotopic (exact) mass is 337 g/mol. The molecule has 0 atom stereocenters. The molecule has 0 aliphatic heterocycles. The van der Waals surface area contributed by atoms with E-state index in [1.807, 2.05) is 30.3 Å². The molecule has 0 radical (unpaired) electrons. The topological polar surface area (TPSA) is 86.5 Å². The Bertz CT molecular complexity index is 1040. The van der Waals surface area contributed by atoms with E-state index in [-0.39, 0.29) is 5.91 Å². The highest BCUT2D eigenvalue weighted by Gasteiger charge is 2.16. The number of aromatic nitrogens is 4. The van der Waals surface area contributed by atoms with Gasteiger partial charge < -0.3 is 5.32 Å². The minimum atomic E-state index is -0.249. The third kappa shape index (κ3) is 2.63. The Morgan fingerprint density at radius 2 is 1.92 bits per heavy atom. The minimum Gasteiger partial charge on any atom is -0.322 e. The van der Waals surface area contributed by atoms with Crippen molar-refractivity contribution < 1.29 is 4.79 Å². The number of hydrogen-bond donors (Lipinski definition) is 3.